The van der Waals surface area contributed by atoms with Crippen LogP contribution in [-0.4, -0.2) is 26.3 Å². The van der Waals surface area contributed by atoms with Crippen molar-refractivity contribution in [2.45, 2.75) is 352 Å². The topological polar surface area (TPSA) is 38.9 Å². The zero-order valence-electron chi connectivity index (χ0n) is 46.2. The summed E-state index contributed by atoms with van der Waals surface area (Å²) >= 11 is 0. The quantitative estimate of drug-likeness (QED) is 0.138. The molecule has 3 nitrogen and oxygen atoms in total. The Labute approximate surface area is 439 Å². The molecule has 11 rings (SSSR count). The molecule has 0 spiro atoms. The van der Waals surface area contributed by atoms with Crippen molar-refractivity contribution in [3.05, 3.63) is 36.1 Å². The molecule has 398 valence electrons. The molecule has 71 heavy (non-hydrogen) atoms. The van der Waals surface area contributed by atoms with Crippen LogP contribution < -0.4 is 0 Å². The second-order valence-corrected chi connectivity index (χ2v) is 38.7. The van der Waals surface area contributed by atoms with Crippen LogP contribution in [0, 0.1) is 23.7 Å². The maximum Gasteiger partial charge on any atom is 0.219 e. The minimum Gasteiger partial charge on any atom is -0.425 e. The fourth-order valence-electron chi connectivity index (χ4n) is 21.6. The predicted octanol–water partition coefficient (Wildman–Crippen LogP) is 21.8. The van der Waals surface area contributed by atoms with Gasteiger partial charge in [0.1, 0.15) is 0 Å². The molecule has 10 fully saturated rings. The van der Waals surface area contributed by atoms with Gasteiger partial charge in [0.15, 0.2) is 0 Å². The van der Waals surface area contributed by atoms with Crippen molar-refractivity contribution in [1.82, 2.24) is 10.2 Å². The second-order valence-electron chi connectivity index (χ2n) is 28.2. The first kappa shape index (κ1) is 52.1. The highest BCUT2D eigenvalue weighted by atomic mass is 28.3. The van der Waals surface area contributed by atoms with Gasteiger partial charge in [-0.15, -0.1) is 10.2 Å². The fraction of sp³-hybridized carbons (Fsp3) is 0.909. The Balaban J connectivity index is 0.632. The maximum atomic E-state index is 6.63. The van der Waals surface area contributed by atoms with Crippen molar-refractivity contribution >= 4 is 16.1 Å². The Hall–Kier alpha value is -0.946. The standard InChI is InChI=1S/C66H110N2OSi2/c1-7-19-57(20-8-1)70(58-21-9-2-10-22-58,59-23-11-3-12-24-59)63-47-39-53(40-48-63)33-31-51-35-43-55(44-36-51)65-67-68-66(69-65)56-45-37-52(38-46-56)32-34-54-41-49-64(50-42-54)71(60-25-13-4-14-26-60,61-27-15-5-16-28-61)62-29-17-6-18-30-62/h31-34,51-64H,1-30,35-50H2/b33-31+,34-32+. The molecular formula is C66H110N2OSi2. The van der Waals surface area contributed by atoms with Gasteiger partial charge in [-0.25, -0.2) is 0 Å². The van der Waals surface area contributed by atoms with E-state index in [0.717, 1.165) is 46.5 Å². The van der Waals surface area contributed by atoms with Gasteiger partial charge in [0.05, 0.1) is 16.1 Å². The van der Waals surface area contributed by atoms with E-state index in [-0.39, 0.29) is 0 Å². The number of rotatable bonds is 14. The molecule has 10 aliphatic rings. The third kappa shape index (κ3) is 11.8. The van der Waals surface area contributed by atoms with Crippen molar-refractivity contribution in [3.63, 3.8) is 0 Å². The second kappa shape index (κ2) is 25.5. The average molecular weight is 1000 g/mol. The third-order valence-electron chi connectivity index (χ3n) is 24.8. The lowest BCUT2D eigenvalue weighted by atomic mass is 9.80. The van der Waals surface area contributed by atoms with Gasteiger partial charge in [-0.3, -0.25) is 0 Å². The lowest BCUT2D eigenvalue weighted by molar-refractivity contribution is 0.289. The summed E-state index contributed by atoms with van der Waals surface area (Å²) in [4.78, 5) is 0. The van der Waals surface area contributed by atoms with E-state index in [1.54, 1.807) is 180 Å². The molecule has 0 aromatic carbocycles. The van der Waals surface area contributed by atoms with Gasteiger partial charge in [0, 0.05) is 11.8 Å². The van der Waals surface area contributed by atoms with Crippen LogP contribution in [0.15, 0.2) is 28.7 Å². The molecule has 1 heterocycles. The van der Waals surface area contributed by atoms with Crippen LogP contribution in [-0.2, 0) is 0 Å². The average Bonchev–Trinajstić information content (AvgIpc) is 3.96. The highest BCUT2D eigenvalue weighted by Gasteiger charge is 2.58. The summed E-state index contributed by atoms with van der Waals surface area (Å²) < 4.78 is 6.63. The summed E-state index contributed by atoms with van der Waals surface area (Å²) in [7, 11) is -2.81. The molecule has 0 bridgehead atoms. The first-order valence-corrected chi connectivity index (χ1v) is 38.0. The van der Waals surface area contributed by atoms with E-state index < -0.39 is 16.1 Å². The number of hydrogen-bond donors (Lipinski definition) is 0. The van der Waals surface area contributed by atoms with E-state index >= 15 is 0 Å². The first-order chi connectivity index (χ1) is 35.2. The smallest absolute Gasteiger partial charge is 0.219 e. The van der Waals surface area contributed by atoms with E-state index in [4.69, 9.17) is 14.6 Å². The monoisotopic (exact) mass is 1000 g/mol. The molecule has 1 aromatic rings. The van der Waals surface area contributed by atoms with Gasteiger partial charge in [0.25, 0.3) is 0 Å². The van der Waals surface area contributed by atoms with Crippen LogP contribution in [0.3, 0.4) is 0 Å². The van der Waals surface area contributed by atoms with E-state index in [0.29, 0.717) is 11.8 Å². The first-order valence-electron chi connectivity index (χ1n) is 33.4. The number of aromatic nitrogens is 2. The van der Waals surface area contributed by atoms with Crippen LogP contribution in [0.1, 0.15) is 319 Å². The molecule has 0 amide bonds. The molecule has 1 aromatic heterocycles. The van der Waals surface area contributed by atoms with Gasteiger partial charge >= 0.3 is 0 Å². The molecule has 0 atom stereocenters. The van der Waals surface area contributed by atoms with E-state index in [1.807, 2.05) is 0 Å². The van der Waals surface area contributed by atoms with E-state index in [9.17, 15) is 0 Å². The molecule has 0 unspecified atom stereocenters. The van der Waals surface area contributed by atoms with Crippen LogP contribution in [0.2, 0.25) is 44.3 Å². The molecule has 0 saturated heterocycles. The van der Waals surface area contributed by atoms with E-state index in [1.165, 1.54) is 149 Å². The van der Waals surface area contributed by atoms with Gasteiger partial charge in [0.2, 0.25) is 11.8 Å². The summed E-state index contributed by atoms with van der Waals surface area (Å²) in [6, 6.07) is 0. The number of allylic oxidation sites excluding steroid dienone is 4. The minimum atomic E-state index is -1.40. The molecular weight excluding hydrogens is 893 g/mol. The minimum absolute atomic E-state index is 0.476. The van der Waals surface area contributed by atoms with Crippen LogP contribution in [0.4, 0.5) is 0 Å². The fourth-order valence-corrected chi connectivity index (χ4v) is 40.7. The lowest BCUT2D eigenvalue weighted by Gasteiger charge is -2.58. The maximum absolute atomic E-state index is 6.63. The van der Waals surface area contributed by atoms with Gasteiger partial charge < -0.3 is 4.42 Å². The van der Waals surface area contributed by atoms with Crippen LogP contribution in [0.5, 0.6) is 0 Å². The largest absolute Gasteiger partial charge is 0.425 e. The third-order valence-corrected chi connectivity index (χ3v) is 40.8. The molecule has 0 radical (unpaired) electrons. The zero-order chi connectivity index (χ0) is 47.7. The van der Waals surface area contributed by atoms with Gasteiger partial charge in [-0.1, -0.05) is 243 Å². The Morgan fingerprint density at radius 1 is 0.239 bits per heavy atom. The summed E-state index contributed by atoms with van der Waals surface area (Å²) in [5, 5.41) is 9.55. The predicted molar refractivity (Wildman–Crippen MR) is 306 cm³/mol. The Bertz CT molecular complexity index is 1530. The Morgan fingerprint density at radius 3 is 0.662 bits per heavy atom. The van der Waals surface area contributed by atoms with E-state index in [2.05, 4.69) is 24.3 Å². The van der Waals surface area contributed by atoms with Crippen molar-refractivity contribution < 1.29 is 4.42 Å². The van der Waals surface area contributed by atoms with Crippen LogP contribution in [0.25, 0.3) is 0 Å². The summed E-state index contributed by atoms with van der Waals surface area (Å²) in [6.07, 6.45) is 81.0. The summed E-state index contributed by atoms with van der Waals surface area (Å²) in [6.45, 7) is 0. The highest BCUT2D eigenvalue weighted by molar-refractivity contribution is 6.86. The van der Waals surface area contributed by atoms with Crippen molar-refractivity contribution in [3.8, 4) is 0 Å². The molecule has 0 aliphatic heterocycles. The van der Waals surface area contributed by atoms with Crippen LogP contribution >= 0.6 is 0 Å². The van der Waals surface area contributed by atoms with Gasteiger partial charge in [-0.2, -0.15) is 0 Å². The molecule has 5 heteroatoms. The van der Waals surface area contributed by atoms with Gasteiger partial charge in [-0.05, 0) is 145 Å². The SMILES string of the molecule is C(=C\C1CCC([Si](C2CCCCC2)(C2CCCCC2)C2CCCCC2)CC1)/C1CCC(c2nnc(C3CCC(/C=C/C4CCC([Si](C5CCCCC5)(C5CCCCC5)C5CCCCC5)CC4)CC3)o2)CC1. The van der Waals surface area contributed by atoms with Crippen molar-refractivity contribution in [1.29, 1.82) is 0 Å². The van der Waals surface area contributed by atoms with Crippen molar-refractivity contribution in [2.24, 2.45) is 23.7 Å². The number of nitrogens with zero attached hydrogens (tertiary/aromatic N) is 2. The zero-order valence-corrected chi connectivity index (χ0v) is 48.2. The Morgan fingerprint density at radius 2 is 0.437 bits per heavy atom. The number of hydrogen-bond acceptors (Lipinski definition) is 3. The highest BCUT2D eigenvalue weighted by Crippen LogP contribution is 2.66. The normalized spacial score (nSPS) is 35.4. The lowest BCUT2D eigenvalue weighted by Crippen LogP contribution is -2.55. The molecule has 0 N–H and O–H groups in total. The molecule has 10 saturated carbocycles. The summed E-state index contributed by atoms with van der Waals surface area (Å²) in [5.74, 6) is 6.10. The molecule has 10 aliphatic carbocycles. The Kier molecular flexibility index (Phi) is 18.7. The summed E-state index contributed by atoms with van der Waals surface area (Å²) in [5.41, 5.74) is 9.39. The van der Waals surface area contributed by atoms with Crippen molar-refractivity contribution in [2.75, 3.05) is 0 Å².